The second kappa shape index (κ2) is 8.00. The molecule has 3 N–H and O–H groups in total. The van der Waals surface area contributed by atoms with Crippen LogP contribution in [-0.4, -0.2) is 68.0 Å². The summed E-state index contributed by atoms with van der Waals surface area (Å²) in [5.41, 5.74) is 1.50. The number of amides is 1. The van der Waals surface area contributed by atoms with Gasteiger partial charge in [0.25, 0.3) is 5.91 Å². The fourth-order valence-corrected chi connectivity index (χ4v) is 3.39. The minimum atomic E-state index is -1.26. The van der Waals surface area contributed by atoms with E-state index in [4.69, 9.17) is 10.2 Å². The zero-order chi connectivity index (χ0) is 19.4. The molecule has 0 saturated carbocycles. The van der Waals surface area contributed by atoms with Crippen LogP contribution in [0, 0.1) is 5.92 Å². The zero-order valence-electron chi connectivity index (χ0n) is 14.5. The number of nitrogens with one attached hydrogen (secondary N) is 1. The van der Waals surface area contributed by atoms with Crippen LogP contribution in [0.2, 0.25) is 0 Å². The predicted octanol–water partition coefficient (Wildman–Crippen LogP) is 0.480. The molecule has 0 radical (unpaired) electrons. The van der Waals surface area contributed by atoms with Crippen molar-refractivity contribution in [1.82, 2.24) is 19.6 Å². The quantitative estimate of drug-likeness (QED) is 0.667. The number of nitrogens with zero attached hydrogens (tertiary/aromatic N) is 3. The molecule has 1 amide bonds. The molecule has 0 spiro atoms. The number of fused-ring (bicyclic) bond motifs is 3. The maximum atomic E-state index is 12.2. The number of aromatic nitrogens is 2. The highest BCUT2D eigenvalue weighted by Crippen LogP contribution is 2.27. The van der Waals surface area contributed by atoms with E-state index >= 15 is 0 Å². The highest BCUT2D eigenvalue weighted by molar-refractivity contribution is 5.93. The lowest BCUT2D eigenvalue weighted by molar-refractivity contribution is -0.134. The predicted molar refractivity (Wildman–Crippen MR) is 95.4 cm³/mol. The molecule has 27 heavy (non-hydrogen) atoms. The summed E-state index contributed by atoms with van der Waals surface area (Å²) in [6.07, 6.45) is 5.93. The van der Waals surface area contributed by atoms with E-state index in [0.717, 1.165) is 18.6 Å². The van der Waals surface area contributed by atoms with Crippen LogP contribution in [0.15, 0.2) is 42.9 Å². The van der Waals surface area contributed by atoms with Crippen molar-refractivity contribution in [3.05, 3.63) is 48.6 Å². The lowest BCUT2D eigenvalue weighted by Gasteiger charge is -2.22. The van der Waals surface area contributed by atoms with Crippen LogP contribution in [0.25, 0.3) is 5.52 Å². The third-order valence-electron chi connectivity index (χ3n) is 4.67. The summed E-state index contributed by atoms with van der Waals surface area (Å²) in [6, 6.07) is 6.05. The average molecular weight is 372 g/mol. The number of rotatable bonds is 4. The first kappa shape index (κ1) is 18.6. The Balaban J connectivity index is 0.000000226. The van der Waals surface area contributed by atoms with E-state index in [1.165, 1.54) is 13.0 Å². The Hall–Kier alpha value is -3.20. The molecule has 2 aromatic rings. The van der Waals surface area contributed by atoms with E-state index in [1.807, 2.05) is 28.8 Å². The molecule has 2 aliphatic rings. The number of carbonyl (C=O) groups excluding carboxylic acids is 1. The van der Waals surface area contributed by atoms with Gasteiger partial charge < -0.3 is 24.8 Å². The molecular weight excluding hydrogens is 352 g/mol. The molecule has 0 aromatic carbocycles. The first-order valence-corrected chi connectivity index (χ1v) is 8.52. The van der Waals surface area contributed by atoms with Gasteiger partial charge in [-0.1, -0.05) is 0 Å². The molecule has 1 unspecified atom stereocenters. The molecule has 0 aliphatic carbocycles. The molecule has 2 saturated heterocycles. The highest BCUT2D eigenvalue weighted by atomic mass is 16.4. The Morgan fingerprint density at radius 1 is 1.19 bits per heavy atom. The zero-order valence-corrected chi connectivity index (χ0v) is 14.5. The number of carboxylic acid groups (broad SMARTS) is 2. The number of carbonyl (C=O) groups is 3. The van der Waals surface area contributed by atoms with Gasteiger partial charge in [0.15, 0.2) is 0 Å². The van der Waals surface area contributed by atoms with Gasteiger partial charge in [-0.25, -0.2) is 14.6 Å². The van der Waals surface area contributed by atoms with Crippen LogP contribution in [0.5, 0.6) is 0 Å². The maximum Gasteiger partial charge on any atom is 0.328 e. The summed E-state index contributed by atoms with van der Waals surface area (Å²) in [6.45, 7) is 3.31. The van der Waals surface area contributed by atoms with Crippen LogP contribution in [-0.2, 0) is 9.59 Å². The number of hydrogen-bond donors (Lipinski definition) is 3. The second-order valence-corrected chi connectivity index (χ2v) is 6.51. The van der Waals surface area contributed by atoms with Crippen LogP contribution < -0.4 is 5.32 Å². The Morgan fingerprint density at radius 2 is 1.93 bits per heavy atom. The monoisotopic (exact) mass is 372 g/mol. The molecule has 142 valence electrons. The highest BCUT2D eigenvalue weighted by Gasteiger charge is 2.38. The van der Waals surface area contributed by atoms with Crippen LogP contribution in [0.1, 0.15) is 16.9 Å². The normalized spacial score (nSPS) is 23.2. The molecule has 3 atom stereocenters. The lowest BCUT2D eigenvalue weighted by Crippen LogP contribution is -2.43. The van der Waals surface area contributed by atoms with Crippen molar-refractivity contribution in [2.75, 3.05) is 19.6 Å². The van der Waals surface area contributed by atoms with Gasteiger partial charge in [-0.3, -0.25) is 4.79 Å². The Kier molecular flexibility index (Phi) is 5.51. The molecule has 2 bridgehead atoms. The van der Waals surface area contributed by atoms with E-state index in [1.54, 1.807) is 6.33 Å². The molecule has 2 aliphatic heterocycles. The number of carboxylic acids is 2. The summed E-state index contributed by atoms with van der Waals surface area (Å²) in [4.78, 5) is 38.0. The van der Waals surface area contributed by atoms with Gasteiger partial charge in [0.05, 0.1) is 6.33 Å². The standard InChI is InChI=1S/C14H16N4O.C4H4O4/c19-14(16-13-8-17-5-3-10(13)7-17)12-6-11-2-1-4-18(11)9-15-12;5-3(6)1-2-4(7)8/h1-2,4,6,9-10,13H,3,5,7-8H2,(H,16,19);1-2H,(H,5,6)(H,7,8)/t10-,13-;/m0./s1. The average Bonchev–Trinajstić information content (AvgIpc) is 3.36. The van der Waals surface area contributed by atoms with Crippen molar-refractivity contribution in [3.63, 3.8) is 0 Å². The first-order chi connectivity index (χ1) is 12.9. The third kappa shape index (κ3) is 4.70. The number of hydrogen-bond acceptors (Lipinski definition) is 5. The minimum Gasteiger partial charge on any atom is -0.478 e. The molecule has 2 aromatic heterocycles. The minimum absolute atomic E-state index is 0.0533. The van der Waals surface area contributed by atoms with E-state index in [-0.39, 0.29) is 5.91 Å². The molecule has 2 fully saturated rings. The third-order valence-corrected chi connectivity index (χ3v) is 4.67. The van der Waals surface area contributed by atoms with Crippen molar-refractivity contribution in [1.29, 1.82) is 0 Å². The fourth-order valence-electron chi connectivity index (χ4n) is 3.39. The maximum absolute atomic E-state index is 12.2. The summed E-state index contributed by atoms with van der Waals surface area (Å²) < 4.78 is 1.90. The molecule has 4 heterocycles. The van der Waals surface area contributed by atoms with Gasteiger partial charge in [0.1, 0.15) is 5.69 Å². The Labute approximate surface area is 154 Å². The van der Waals surface area contributed by atoms with Gasteiger partial charge in [-0.15, -0.1) is 0 Å². The van der Waals surface area contributed by atoms with Gasteiger partial charge in [0.2, 0.25) is 0 Å². The summed E-state index contributed by atoms with van der Waals surface area (Å²) >= 11 is 0. The van der Waals surface area contributed by atoms with Gasteiger partial charge in [-0.05, 0) is 37.1 Å². The molecule has 4 rings (SSSR count). The lowest BCUT2D eigenvalue weighted by atomic mass is 10.00. The second-order valence-electron chi connectivity index (χ2n) is 6.51. The topological polar surface area (TPSA) is 124 Å². The van der Waals surface area contributed by atoms with Gasteiger partial charge in [0, 0.05) is 43.0 Å². The Morgan fingerprint density at radius 3 is 2.52 bits per heavy atom. The van der Waals surface area contributed by atoms with Crippen molar-refractivity contribution in [2.45, 2.75) is 12.5 Å². The SMILES string of the molecule is O=C(N[C@H]1CN2CC[C@H]1C2)c1cc2cccn2cn1.O=C(O)C=CC(=O)O. The van der Waals surface area contributed by atoms with Crippen molar-refractivity contribution in [2.24, 2.45) is 5.92 Å². The van der Waals surface area contributed by atoms with Crippen LogP contribution in [0.4, 0.5) is 0 Å². The van der Waals surface area contributed by atoms with E-state index in [0.29, 0.717) is 29.8 Å². The van der Waals surface area contributed by atoms with Crippen LogP contribution in [0.3, 0.4) is 0 Å². The Bertz CT molecular complexity index is 875. The smallest absolute Gasteiger partial charge is 0.328 e. The largest absolute Gasteiger partial charge is 0.478 e. The molecule has 9 heteroatoms. The summed E-state index contributed by atoms with van der Waals surface area (Å²) in [7, 11) is 0. The number of aliphatic carboxylic acids is 2. The van der Waals surface area contributed by atoms with Crippen molar-refractivity contribution in [3.8, 4) is 0 Å². The van der Waals surface area contributed by atoms with Crippen molar-refractivity contribution < 1.29 is 24.6 Å². The summed E-state index contributed by atoms with van der Waals surface area (Å²) in [5.74, 6) is -1.94. The fraction of sp³-hybridized carbons (Fsp3) is 0.333. The van der Waals surface area contributed by atoms with E-state index in [9.17, 15) is 14.4 Å². The molecular formula is C18H20N4O5. The van der Waals surface area contributed by atoms with Crippen LogP contribution >= 0.6 is 0 Å². The number of piperidine rings is 1. The van der Waals surface area contributed by atoms with Gasteiger partial charge >= 0.3 is 11.9 Å². The first-order valence-electron chi connectivity index (χ1n) is 8.52. The van der Waals surface area contributed by atoms with E-state index in [2.05, 4.69) is 15.2 Å². The van der Waals surface area contributed by atoms with Gasteiger partial charge in [-0.2, -0.15) is 0 Å². The molecule has 9 nitrogen and oxygen atoms in total. The van der Waals surface area contributed by atoms with E-state index < -0.39 is 11.9 Å². The van der Waals surface area contributed by atoms with Crippen molar-refractivity contribution >= 4 is 23.4 Å². The summed E-state index contributed by atoms with van der Waals surface area (Å²) in [5, 5.41) is 18.8.